The van der Waals surface area contributed by atoms with Crippen molar-refractivity contribution in [3.8, 4) is 0 Å². The fourth-order valence-corrected chi connectivity index (χ4v) is 2.80. The van der Waals surface area contributed by atoms with E-state index in [0.717, 1.165) is 32.1 Å². The topological polar surface area (TPSA) is 28.2 Å². The number of rotatable bonds is 7. The molecule has 0 aliphatic rings. The lowest BCUT2D eigenvalue weighted by Crippen LogP contribution is -2.30. The molecule has 19 heavy (non-hydrogen) atoms. The second kappa shape index (κ2) is 7.36. The molecule has 3 nitrogen and oxygen atoms in total. The van der Waals surface area contributed by atoms with Gasteiger partial charge in [0, 0.05) is 23.9 Å². The molecular weight excluding hydrogens is 254 g/mol. The van der Waals surface area contributed by atoms with Crippen molar-refractivity contribution >= 4 is 11.3 Å². The predicted octanol–water partition coefficient (Wildman–Crippen LogP) is 3.12. The van der Waals surface area contributed by atoms with Gasteiger partial charge in [-0.15, -0.1) is 11.3 Å². The average molecular weight is 283 g/mol. The van der Waals surface area contributed by atoms with Crippen molar-refractivity contribution < 1.29 is 0 Å². The van der Waals surface area contributed by atoms with Crippen LogP contribution in [0.1, 0.15) is 45.3 Å². The molecule has 0 saturated heterocycles. The molecule has 1 rings (SSSR count). The van der Waals surface area contributed by atoms with E-state index in [1.807, 2.05) is 0 Å². The summed E-state index contributed by atoms with van der Waals surface area (Å²) in [5.74, 6) is 0.721. The Labute approximate surface area is 122 Å². The molecule has 1 N–H and O–H groups in total. The molecule has 0 aliphatic heterocycles. The Bertz CT molecular complexity index is 366. The zero-order chi connectivity index (χ0) is 14.5. The van der Waals surface area contributed by atoms with E-state index < -0.39 is 0 Å². The Hall–Kier alpha value is -0.450. The second-order valence-corrected chi connectivity index (χ2v) is 7.65. The van der Waals surface area contributed by atoms with E-state index in [1.165, 1.54) is 10.7 Å². The Balaban J connectivity index is 2.32. The first kappa shape index (κ1) is 16.6. The van der Waals surface area contributed by atoms with Crippen molar-refractivity contribution in [2.24, 2.45) is 5.92 Å². The molecule has 4 heteroatoms. The molecule has 0 bridgehead atoms. The molecule has 0 atom stereocenters. The fraction of sp³-hybridized carbons (Fsp3) is 0.800. The molecule has 0 spiro atoms. The summed E-state index contributed by atoms with van der Waals surface area (Å²) in [7, 11) is 2.16. The summed E-state index contributed by atoms with van der Waals surface area (Å²) in [5, 5.41) is 6.89. The van der Waals surface area contributed by atoms with Crippen LogP contribution in [0.3, 0.4) is 0 Å². The van der Waals surface area contributed by atoms with Crippen molar-refractivity contribution in [3.63, 3.8) is 0 Å². The van der Waals surface area contributed by atoms with Crippen LogP contribution in [0.25, 0.3) is 0 Å². The Morgan fingerprint density at radius 3 is 2.58 bits per heavy atom. The van der Waals surface area contributed by atoms with Gasteiger partial charge in [-0.3, -0.25) is 4.90 Å². The Morgan fingerprint density at radius 2 is 2.05 bits per heavy atom. The van der Waals surface area contributed by atoms with Crippen LogP contribution in [-0.4, -0.2) is 36.6 Å². The maximum Gasteiger partial charge on any atom is 0.107 e. The monoisotopic (exact) mass is 283 g/mol. The van der Waals surface area contributed by atoms with Crippen molar-refractivity contribution in [1.82, 2.24) is 15.2 Å². The van der Waals surface area contributed by atoms with E-state index in [-0.39, 0.29) is 5.41 Å². The van der Waals surface area contributed by atoms with E-state index in [1.54, 1.807) is 11.3 Å². The van der Waals surface area contributed by atoms with Gasteiger partial charge in [-0.2, -0.15) is 0 Å². The van der Waals surface area contributed by atoms with Crippen molar-refractivity contribution in [2.45, 2.75) is 46.6 Å². The smallest absolute Gasteiger partial charge is 0.107 e. The number of thiazole rings is 1. The normalized spacial score (nSPS) is 12.6. The first-order chi connectivity index (χ1) is 8.79. The molecule has 0 fully saturated rings. The van der Waals surface area contributed by atoms with Crippen LogP contribution in [0.4, 0.5) is 0 Å². The molecule has 0 radical (unpaired) electrons. The standard InChI is InChI=1S/C15H29N3S/c1-12(2)9-16-7-8-18(6)10-14-17-13(11-19-14)15(3,4)5/h11-12,16H,7-10H2,1-6H3. The number of likely N-dealkylation sites (N-methyl/N-ethyl adjacent to an activating group) is 1. The quantitative estimate of drug-likeness (QED) is 0.779. The maximum atomic E-state index is 4.73. The van der Waals surface area contributed by atoms with E-state index in [0.29, 0.717) is 0 Å². The van der Waals surface area contributed by atoms with Crippen LogP contribution in [0, 0.1) is 5.92 Å². The molecule has 1 aromatic heterocycles. The first-order valence-corrected chi connectivity index (χ1v) is 8.01. The van der Waals surface area contributed by atoms with Gasteiger partial charge in [0.25, 0.3) is 0 Å². The van der Waals surface area contributed by atoms with Gasteiger partial charge in [-0.05, 0) is 19.5 Å². The molecule has 1 heterocycles. The largest absolute Gasteiger partial charge is 0.315 e. The summed E-state index contributed by atoms with van der Waals surface area (Å²) in [4.78, 5) is 7.07. The molecule has 0 aromatic carbocycles. The van der Waals surface area contributed by atoms with E-state index >= 15 is 0 Å². The second-order valence-electron chi connectivity index (χ2n) is 6.71. The van der Waals surface area contributed by atoms with Gasteiger partial charge in [0.05, 0.1) is 12.2 Å². The highest BCUT2D eigenvalue weighted by atomic mass is 32.1. The lowest BCUT2D eigenvalue weighted by Gasteiger charge is -2.17. The number of hydrogen-bond donors (Lipinski definition) is 1. The van der Waals surface area contributed by atoms with Gasteiger partial charge in [-0.25, -0.2) is 4.98 Å². The third-order valence-corrected chi connectivity index (χ3v) is 3.78. The molecule has 0 amide bonds. The summed E-state index contributed by atoms with van der Waals surface area (Å²) in [6, 6.07) is 0. The molecular formula is C15H29N3S. The SMILES string of the molecule is CC(C)CNCCN(C)Cc1nc(C(C)(C)C)cs1. The third-order valence-electron chi connectivity index (χ3n) is 2.95. The van der Waals surface area contributed by atoms with Crippen molar-refractivity contribution in [3.05, 3.63) is 16.1 Å². The molecule has 0 saturated carbocycles. The minimum absolute atomic E-state index is 0.159. The number of aromatic nitrogens is 1. The Kier molecular flexibility index (Phi) is 6.43. The van der Waals surface area contributed by atoms with Crippen molar-refractivity contribution in [2.75, 3.05) is 26.7 Å². The van der Waals surface area contributed by atoms with Crippen molar-refractivity contribution in [1.29, 1.82) is 0 Å². The molecule has 1 aromatic rings. The van der Waals surface area contributed by atoms with E-state index in [4.69, 9.17) is 4.98 Å². The van der Waals surface area contributed by atoms with Crippen LogP contribution >= 0.6 is 11.3 Å². The first-order valence-electron chi connectivity index (χ1n) is 7.13. The van der Waals surface area contributed by atoms with Gasteiger partial charge in [0.1, 0.15) is 5.01 Å². The highest BCUT2D eigenvalue weighted by Crippen LogP contribution is 2.24. The molecule has 0 aliphatic carbocycles. The average Bonchev–Trinajstić information content (AvgIpc) is 2.72. The van der Waals surface area contributed by atoms with Crippen LogP contribution < -0.4 is 5.32 Å². The van der Waals surface area contributed by atoms with Crippen LogP contribution in [0.5, 0.6) is 0 Å². The summed E-state index contributed by atoms with van der Waals surface area (Å²) >= 11 is 1.78. The summed E-state index contributed by atoms with van der Waals surface area (Å²) < 4.78 is 0. The van der Waals surface area contributed by atoms with Crippen LogP contribution in [0.15, 0.2) is 5.38 Å². The fourth-order valence-electron chi connectivity index (χ4n) is 1.70. The summed E-state index contributed by atoms with van der Waals surface area (Å²) in [5.41, 5.74) is 1.37. The zero-order valence-corrected chi connectivity index (χ0v) is 14.1. The molecule has 110 valence electrons. The lowest BCUT2D eigenvalue weighted by atomic mass is 9.93. The maximum absolute atomic E-state index is 4.73. The minimum Gasteiger partial charge on any atom is -0.315 e. The van der Waals surface area contributed by atoms with E-state index in [9.17, 15) is 0 Å². The highest BCUT2D eigenvalue weighted by Gasteiger charge is 2.17. The summed E-state index contributed by atoms with van der Waals surface area (Å²) in [6.45, 7) is 15.3. The van der Waals surface area contributed by atoms with E-state index in [2.05, 4.69) is 57.3 Å². The molecule has 0 unspecified atom stereocenters. The lowest BCUT2D eigenvalue weighted by molar-refractivity contribution is 0.320. The predicted molar refractivity (Wildman–Crippen MR) is 84.9 cm³/mol. The summed E-state index contributed by atoms with van der Waals surface area (Å²) in [6.07, 6.45) is 0. The number of nitrogens with one attached hydrogen (secondary N) is 1. The van der Waals surface area contributed by atoms with Crippen LogP contribution in [-0.2, 0) is 12.0 Å². The van der Waals surface area contributed by atoms with Gasteiger partial charge in [0.15, 0.2) is 0 Å². The van der Waals surface area contributed by atoms with Gasteiger partial charge in [0.2, 0.25) is 0 Å². The Morgan fingerprint density at radius 1 is 1.37 bits per heavy atom. The zero-order valence-electron chi connectivity index (χ0n) is 13.3. The van der Waals surface area contributed by atoms with Crippen LogP contribution in [0.2, 0.25) is 0 Å². The third kappa shape index (κ3) is 6.50. The van der Waals surface area contributed by atoms with Gasteiger partial charge < -0.3 is 5.32 Å². The highest BCUT2D eigenvalue weighted by molar-refractivity contribution is 7.09. The number of hydrogen-bond acceptors (Lipinski definition) is 4. The minimum atomic E-state index is 0.159. The number of nitrogens with zero attached hydrogens (tertiary/aromatic N) is 2. The van der Waals surface area contributed by atoms with Gasteiger partial charge >= 0.3 is 0 Å². The van der Waals surface area contributed by atoms with Gasteiger partial charge in [-0.1, -0.05) is 34.6 Å².